The summed E-state index contributed by atoms with van der Waals surface area (Å²) in [6.45, 7) is 1.81. The van der Waals surface area contributed by atoms with Gasteiger partial charge in [0.1, 0.15) is 16.9 Å². The summed E-state index contributed by atoms with van der Waals surface area (Å²) < 4.78 is 0.871. The number of anilines is 1. The summed E-state index contributed by atoms with van der Waals surface area (Å²) in [5, 5.41) is 13.6. The topological polar surface area (TPSA) is 85.1 Å². The molecule has 2 rings (SSSR count). The minimum Gasteiger partial charge on any atom is -0.322 e. The molecule has 0 unspecified atom stereocenters. The van der Waals surface area contributed by atoms with Crippen molar-refractivity contribution >= 4 is 44.8 Å². The molecular weight excluding hydrogens is 362 g/mol. The molecule has 1 amide bonds. The molecule has 0 aliphatic carbocycles. The Morgan fingerprint density at radius 1 is 1.43 bits per heavy atom. The van der Waals surface area contributed by atoms with Crippen LogP contribution in [0.25, 0.3) is 0 Å². The van der Waals surface area contributed by atoms with E-state index in [0.717, 1.165) is 16.2 Å². The molecule has 0 radical (unpaired) electrons. The molecule has 0 aliphatic heterocycles. The summed E-state index contributed by atoms with van der Waals surface area (Å²) in [6, 6.07) is 6.45. The van der Waals surface area contributed by atoms with Crippen LogP contribution in [0.1, 0.15) is 15.9 Å². The highest BCUT2D eigenvalue weighted by atomic mass is 79.9. The number of halogens is 2. The van der Waals surface area contributed by atoms with Gasteiger partial charge in [0.2, 0.25) is 0 Å². The maximum Gasteiger partial charge on any atom is 0.300 e. The molecule has 1 aromatic carbocycles. The lowest BCUT2D eigenvalue weighted by atomic mass is 10.1. The van der Waals surface area contributed by atoms with Crippen molar-refractivity contribution in [1.29, 1.82) is 0 Å². The standard InChI is InChI=1S/C13H9BrClN3O3/c1-7-4-8(14)2-3-10(7)17-13(19)9-5-12(15)16-6-11(9)18(20)21/h2-6H,1H3,(H,17,19). The molecule has 21 heavy (non-hydrogen) atoms. The van der Waals surface area contributed by atoms with Crippen LogP contribution >= 0.6 is 27.5 Å². The second kappa shape index (κ2) is 6.19. The molecule has 6 nitrogen and oxygen atoms in total. The minimum atomic E-state index is -0.674. The molecule has 1 N–H and O–H groups in total. The average Bonchev–Trinajstić information content (AvgIpc) is 2.41. The summed E-state index contributed by atoms with van der Waals surface area (Å²) in [5.74, 6) is -0.614. The lowest BCUT2D eigenvalue weighted by molar-refractivity contribution is -0.385. The minimum absolute atomic E-state index is 0.0123. The molecule has 8 heteroatoms. The van der Waals surface area contributed by atoms with E-state index in [1.54, 1.807) is 12.1 Å². The zero-order valence-corrected chi connectivity index (χ0v) is 13.1. The molecule has 1 aromatic heterocycles. The van der Waals surface area contributed by atoms with Crippen molar-refractivity contribution in [3.05, 3.63) is 61.3 Å². The van der Waals surface area contributed by atoms with Gasteiger partial charge in [-0.3, -0.25) is 14.9 Å². The Kier molecular flexibility index (Phi) is 4.54. The number of hydrogen-bond acceptors (Lipinski definition) is 4. The molecule has 0 saturated carbocycles. The van der Waals surface area contributed by atoms with Gasteiger partial charge >= 0.3 is 0 Å². The van der Waals surface area contributed by atoms with Crippen LogP contribution in [0.2, 0.25) is 5.15 Å². The van der Waals surface area contributed by atoms with Gasteiger partial charge in [0.15, 0.2) is 0 Å². The zero-order valence-electron chi connectivity index (χ0n) is 10.8. The van der Waals surface area contributed by atoms with Crippen molar-refractivity contribution in [3.63, 3.8) is 0 Å². The van der Waals surface area contributed by atoms with E-state index in [1.165, 1.54) is 6.07 Å². The van der Waals surface area contributed by atoms with Crippen LogP contribution in [0.5, 0.6) is 0 Å². The summed E-state index contributed by atoms with van der Waals surface area (Å²) in [6.07, 6.45) is 0.964. The molecular formula is C13H9BrClN3O3. The average molecular weight is 371 g/mol. The second-order valence-electron chi connectivity index (χ2n) is 4.19. The number of rotatable bonds is 3. The monoisotopic (exact) mass is 369 g/mol. The van der Waals surface area contributed by atoms with Crippen molar-refractivity contribution < 1.29 is 9.72 Å². The van der Waals surface area contributed by atoms with E-state index in [9.17, 15) is 14.9 Å². The molecule has 0 atom stereocenters. The second-order valence-corrected chi connectivity index (χ2v) is 5.50. The fraction of sp³-hybridized carbons (Fsp3) is 0.0769. The molecule has 0 bridgehead atoms. The predicted molar refractivity (Wildman–Crippen MR) is 82.7 cm³/mol. The number of nitro groups is 1. The summed E-state index contributed by atoms with van der Waals surface area (Å²) in [7, 11) is 0. The maximum atomic E-state index is 12.2. The Morgan fingerprint density at radius 3 is 2.76 bits per heavy atom. The van der Waals surface area contributed by atoms with E-state index in [2.05, 4.69) is 26.2 Å². The molecule has 2 aromatic rings. The number of carbonyl (C=O) groups excluding carboxylic acids is 1. The third-order valence-electron chi connectivity index (χ3n) is 2.73. The quantitative estimate of drug-likeness (QED) is 0.503. The van der Waals surface area contributed by atoms with Crippen molar-refractivity contribution in [1.82, 2.24) is 4.98 Å². The first kappa shape index (κ1) is 15.4. The maximum absolute atomic E-state index is 12.2. The molecule has 108 valence electrons. The fourth-order valence-electron chi connectivity index (χ4n) is 1.71. The third kappa shape index (κ3) is 3.56. The zero-order chi connectivity index (χ0) is 15.6. The Morgan fingerprint density at radius 2 is 2.14 bits per heavy atom. The van der Waals surface area contributed by atoms with Gasteiger partial charge in [-0.15, -0.1) is 0 Å². The molecule has 0 spiro atoms. The number of hydrogen-bond donors (Lipinski definition) is 1. The predicted octanol–water partition coefficient (Wildman–Crippen LogP) is 3.97. The highest BCUT2D eigenvalue weighted by Crippen LogP contribution is 2.24. The van der Waals surface area contributed by atoms with Crippen LogP contribution in [-0.2, 0) is 0 Å². The first-order chi connectivity index (χ1) is 9.88. The van der Waals surface area contributed by atoms with Crippen molar-refractivity contribution in [2.75, 3.05) is 5.32 Å². The summed E-state index contributed by atoms with van der Waals surface area (Å²) >= 11 is 9.02. The molecule has 0 fully saturated rings. The Bertz CT molecular complexity index is 737. The van der Waals surface area contributed by atoms with Crippen LogP contribution in [0.3, 0.4) is 0 Å². The number of amides is 1. The van der Waals surface area contributed by atoms with E-state index in [1.807, 2.05) is 13.0 Å². The molecule has 0 saturated heterocycles. The van der Waals surface area contributed by atoms with Crippen LogP contribution in [-0.4, -0.2) is 15.8 Å². The first-order valence-electron chi connectivity index (χ1n) is 5.76. The molecule has 1 heterocycles. The van der Waals surface area contributed by atoms with Gasteiger partial charge in [0.25, 0.3) is 11.6 Å². The SMILES string of the molecule is Cc1cc(Br)ccc1NC(=O)c1cc(Cl)ncc1[N+](=O)[O-]. The molecule has 0 aliphatic rings. The number of benzene rings is 1. The van der Waals surface area contributed by atoms with E-state index in [-0.39, 0.29) is 10.7 Å². The van der Waals surface area contributed by atoms with Gasteiger partial charge in [-0.05, 0) is 36.8 Å². The van der Waals surface area contributed by atoms with E-state index < -0.39 is 16.5 Å². The highest BCUT2D eigenvalue weighted by molar-refractivity contribution is 9.10. The number of nitrogens with zero attached hydrogens (tertiary/aromatic N) is 2. The number of carbonyl (C=O) groups is 1. The normalized spacial score (nSPS) is 10.2. The Hall–Kier alpha value is -1.99. The van der Waals surface area contributed by atoms with E-state index in [4.69, 9.17) is 11.6 Å². The fourth-order valence-corrected chi connectivity index (χ4v) is 2.34. The number of aryl methyl sites for hydroxylation is 1. The first-order valence-corrected chi connectivity index (χ1v) is 6.93. The number of pyridine rings is 1. The van der Waals surface area contributed by atoms with Crippen molar-refractivity contribution in [2.24, 2.45) is 0 Å². The number of nitrogens with one attached hydrogen (secondary N) is 1. The van der Waals surface area contributed by atoms with Crippen LogP contribution < -0.4 is 5.32 Å². The smallest absolute Gasteiger partial charge is 0.300 e. The highest BCUT2D eigenvalue weighted by Gasteiger charge is 2.21. The van der Waals surface area contributed by atoms with Gasteiger partial charge in [0.05, 0.1) is 4.92 Å². The third-order valence-corrected chi connectivity index (χ3v) is 3.43. The van der Waals surface area contributed by atoms with Crippen LogP contribution in [0.15, 0.2) is 34.9 Å². The van der Waals surface area contributed by atoms with E-state index >= 15 is 0 Å². The Labute approximate surface area is 133 Å². The van der Waals surface area contributed by atoms with Crippen LogP contribution in [0.4, 0.5) is 11.4 Å². The van der Waals surface area contributed by atoms with Gasteiger partial charge in [-0.1, -0.05) is 27.5 Å². The Balaban J connectivity index is 2.36. The summed E-state index contributed by atoms with van der Waals surface area (Å²) in [5.41, 5.74) is 0.847. The van der Waals surface area contributed by atoms with Gasteiger partial charge < -0.3 is 5.32 Å². The van der Waals surface area contributed by atoms with Crippen LogP contribution in [0, 0.1) is 17.0 Å². The summed E-state index contributed by atoms with van der Waals surface area (Å²) in [4.78, 5) is 26.1. The lowest BCUT2D eigenvalue weighted by Crippen LogP contribution is -2.15. The van der Waals surface area contributed by atoms with Crippen molar-refractivity contribution in [2.45, 2.75) is 6.92 Å². The van der Waals surface area contributed by atoms with E-state index in [0.29, 0.717) is 5.69 Å². The van der Waals surface area contributed by atoms with Gasteiger partial charge in [-0.2, -0.15) is 0 Å². The van der Waals surface area contributed by atoms with Crippen molar-refractivity contribution in [3.8, 4) is 0 Å². The largest absolute Gasteiger partial charge is 0.322 e. The van der Waals surface area contributed by atoms with Gasteiger partial charge in [0, 0.05) is 10.2 Å². The van der Waals surface area contributed by atoms with Gasteiger partial charge in [-0.25, -0.2) is 4.98 Å². The lowest BCUT2D eigenvalue weighted by Gasteiger charge is -2.09. The number of aromatic nitrogens is 1.